The molecule has 0 fully saturated rings. The zero-order chi connectivity index (χ0) is 13.1. The Bertz CT molecular complexity index is 534. The lowest BCUT2D eigenvalue weighted by Crippen LogP contribution is -2.30. The molecule has 1 aromatic heterocycles. The molecule has 1 aromatic carbocycles. The molecule has 1 unspecified atom stereocenters. The average Bonchev–Trinajstić information content (AvgIpc) is 2.34. The molecule has 1 heterocycles. The zero-order valence-corrected chi connectivity index (χ0v) is 10.4. The zero-order valence-electron chi connectivity index (χ0n) is 10.4. The van der Waals surface area contributed by atoms with Crippen LogP contribution in [0, 0.1) is 19.7 Å². The minimum absolute atomic E-state index is 0.255. The summed E-state index contributed by atoms with van der Waals surface area (Å²) in [5.74, 6) is 5.26. The second-order valence-corrected chi connectivity index (χ2v) is 4.34. The highest BCUT2D eigenvalue weighted by Crippen LogP contribution is 2.27. The number of rotatable bonds is 3. The van der Waals surface area contributed by atoms with Crippen LogP contribution in [-0.4, -0.2) is 4.98 Å². The van der Waals surface area contributed by atoms with E-state index in [4.69, 9.17) is 5.84 Å². The summed E-state index contributed by atoms with van der Waals surface area (Å²) in [5.41, 5.74) is 6.74. The number of benzene rings is 1. The highest BCUT2D eigenvalue weighted by Gasteiger charge is 2.17. The highest BCUT2D eigenvalue weighted by molar-refractivity contribution is 5.41. The molecule has 0 aliphatic carbocycles. The highest BCUT2D eigenvalue weighted by atomic mass is 19.1. The van der Waals surface area contributed by atoms with E-state index in [0.29, 0.717) is 0 Å². The van der Waals surface area contributed by atoms with E-state index in [1.54, 1.807) is 6.20 Å². The standard InChI is InChI=1S/C14H16FN3/c1-9-4-3-5-10(2)13(9)14(18-16)11-6-12(15)8-17-7-11/h3-8,14,18H,16H2,1-2H3. The SMILES string of the molecule is Cc1cccc(C)c1C(NN)c1cncc(F)c1. The number of aromatic nitrogens is 1. The summed E-state index contributed by atoms with van der Waals surface area (Å²) in [7, 11) is 0. The van der Waals surface area contributed by atoms with Gasteiger partial charge in [-0.25, -0.2) is 9.82 Å². The molecule has 0 saturated carbocycles. The fourth-order valence-corrected chi connectivity index (χ4v) is 2.22. The first-order chi connectivity index (χ1) is 8.63. The largest absolute Gasteiger partial charge is 0.271 e. The number of pyridine rings is 1. The van der Waals surface area contributed by atoms with Crippen molar-refractivity contribution in [1.29, 1.82) is 0 Å². The van der Waals surface area contributed by atoms with E-state index in [1.165, 1.54) is 12.3 Å². The third kappa shape index (κ3) is 2.39. The van der Waals surface area contributed by atoms with Crippen molar-refractivity contribution < 1.29 is 4.39 Å². The number of halogens is 1. The number of nitrogens with one attached hydrogen (secondary N) is 1. The summed E-state index contributed by atoms with van der Waals surface area (Å²) in [5, 5.41) is 0. The van der Waals surface area contributed by atoms with Crippen molar-refractivity contribution in [2.45, 2.75) is 19.9 Å². The number of aryl methyl sites for hydroxylation is 2. The number of hydrazine groups is 1. The maximum Gasteiger partial charge on any atom is 0.141 e. The molecule has 3 N–H and O–H groups in total. The van der Waals surface area contributed by atoms with Gasteiger partial charge in [0.05, 0.1) is 12.2 Å². The van der Waals surface area contributed by atoms with E-state index < -0.39 is 0 Å². The maximum atomic E-state index is 13.2. The molecule has 0 amide bonds. The van der Waals surface area contributed by atoms with Crippen LogP contribution >= 0.6 is 0 Å². The smallest absolute Gasteiger partial charge is 0.141 e. The first-order valence-corrected chi connectivity index (χ1v) is 5.76. The van der Waals surface area contributed by atoms with E-state index in [0.717, 1.165) is 22.3 Å². The van der Waals surface area contributed by atoms with Gasteiger partial charge in [-0.15, -0.1) is 0 Å². The first kappa shape index (κ1) is 12.7. The van der Waals surface area contributed by atoms with Gasteiger partial charge in [0.15, 0.2) is 0 Å². The predicted octanol–water partition coefficient (Wildman–Crippen LogP) is 2.39. The van der Waals surface area contributed by atoms with Crippen LogP contribution in [-0.2, 0) is 0 Å². The van der Waals surface area contributed by atoms with Crippen LogP contribution in [0.2, 0.25) is 0 Å². The van der Waals surface area contributed by atoms with Gasteiger partial charge >= 0.3 is 0 Å². The van der Waals surface area contributed by atoms with Crippen molar-refractivity contribution in [3.63, 3.8) is 0 Å². The molecule has 2 rings (SSSR count). The summed E-state index contributed by atoms with van der Waals surface area (Å²) >= 11 is 0. The topological polar surface area (TPSA) is 50.9 Å². The van der Waals surface area contributed by atoms with Crippen molar-refractivity contribution in [2.75, 3.05) is 0 Å². The molecule has 4 heteroatoms. The monoisotopic (exact) mass is 245 g/mol. The van der Waals surface area contributed by atoms with Gasteiger partial charge < -0.3 is 0 Å². The molecule has 0 saturated heterocycles. The molecule has 1 atom stereocenters. The minimum atomic E-state index is -0.362. The Morgan fingerprint density at radius 3 is 2.44 bits per heavy atom. The Kier molecular flexibility index (Phi) is 3.69. The molecule has 0 bridgehead atoms. The Hall–Kier alpha value is -1.78. The van der Waals surface area contributed by atoms with E-state index in [1.807, 2.05) is 32.0 Å². The van der Waals surface area contributed by atoms with Gasteiger partial charge in [-0.3, -0.25) is 10.8 Å². The van der Waals surface area contributed by atoms with Crippen molar-refractivity contribution in [1.82, 2.24) is 10.4 Å². The van der Waals surface area contributed by atoms with E-state index in [-0.39, 0.29) is 11.9 Å². The Labute approximate surface area is 106 Å². The Balaban J connectivity index is 2.52. The first-order valence-electron chi connectivity index (χ1n) is 5.76. The Morgan fingerprint density at radius 2 is 1.89 bits per heavy atom. The molecular weight excluding hydrogens is 229 g/mol. The van der Waals surface area contributed by atoms with Crippen LogP contribution in [0.3, 0.4) is 0 Å². The second kappa shape index (κ2) is 5.25. The number of nitrogens with two attached hydrogens (primary N) is 1. The molecule has 0 radical (unpaired) electrons. The molecule has 0 aliphatic rings. The normalized spacial score (nSPS) is 12.4. The summed E-state index contributed by atoms with van der Waals surface area (Å²) in [6, 6.07) is 7.21. The third-order valence-electron chi connectivity index (χ3n) is 3.06. The van der Waals surface area contributed by atoms with Crippen LogP contribution in [0.5, 0.6) is 0 Å². The van der Waals surface area contributed by atoms with Crippen molar-refractivity contribution in [2.24, 2.45) is 5.84 Å². The van der Waals surface area contributed by atoms with Gasteiger partial charge in [-0.2, -0.15) is 0 Å². The van der Waals surface area contributed by atoms with Crippen molar-refractivity contribution in [3.05, 3.63) is 64.7 Å². The second-order valence-electron chi connectivity index (χ2n) is 4.34. The van der Waals surface area contributed by atoms with Crippen molar-refractivity contribution in [3.8, 4) is 0 Å². The number of hydrogen-bond acceptors (Lipinski definition) is 3. The maximum absolute atomic E-state index is 13.2. The van der Waals surface area contributed by atoms with Gasteiger partial charge in [-0.05, 0) is 42.2 Å². The van der Waals surface area contributed by atoms with Gasteiger partial charge in [0.1, 0.15) is 5.82 Å². The summed E-state index contributed by atoms with van der Waals surface area (Å²) in [4.78, 5) is 3.87. The molecule has 0 aliphatic heterocycles. The third-order valence-corrected chi connectivity index (χ3v) is 3.06. The number of nitrogens with zero attached hydrogens (tertiary/aromatic N) is 1. The van der Waals surface area contributed by atoms with Gasteiger partial charge in [0.25, 0.3) is 0 Å². The van der Waals surface area contributed by atoms with Crippen LogP contribution in [0.15, 0.2) is 36.7 Å². The fraction of sp³-hybridized carbons (Fsp3) is 0.214. The summed E-state index contributed by atoms with van der Waals surface area (Å²) in [6.07, 6.45) is 2.81. The van der Waals surface area contributed by atoms with Crippen LogP contribution < -0.4 is 11.3 Å². The average molecular weight is 245 g/mol. The molecule has 0 spiro atoms. The quantitative estimate of drug-likeness (QED) is 0.645. The molecule has 2 aromatic rings. The minimum Gasteiger partial charge on any atom is -0.271 e. The predicted molar refractivity (Wildman–Crippen MR) is 69.3 cm³/mol. The molecule has 94 valence electrons. The molecule has 18 heavy (non-hydrogen) atoms. The van der Waals surface area contributed by atoms with Crippen molar-refractivity contribution >= 4 is 0 Å². The van der Waals surface area contributed by atoms with Crippen LogP contribution in [0.25, 0.3) is 0 Å². The lowest BCUT2D eigenvalue weighted by atomic mass is 9.92. The number of hydrogen-bond donors (Lipinski definition) is 2. The summed E-state index contributed by atoms with van der Waals surface area (Å²) < 4.78 is 13.2. The van der Waals surface area contributed by atoms with Gasteiger partial charge in [0.2, 0.25) is 0 Å². The van der Waals surface area contributed by atoms with Gasteiger partial charge in [-0.1, -0.05) is 18.2 Å². The van der Waals surface area contributed by atoms with Gasteiger partial charge in [0, 0.05) is 6.20 Å². The lowest BCUT2D eigenvalue weighted by Gasteiger charge is -2.21. The molecular formula is C14H16FN3. The van der Waals surface area contributed by atoms with Crippen LogP contribution in [0.4, 0.5) is 4.39 Å². The molecule has 3 nitrogen and oxygen atoms in total. The van der Waals surface area contributed by atoms with Crippen LogP contribution in [0.1, 0.15) is 28.3 Å². The van der Waals surface area contributed by atoms with E-state index >= 15 is 0 Å². The fourth-order valence-electron chi connectivity index (χ4n) is 2.22. The Morgan fingerprint density at radius 1 is 1.22 bits per heavy atom. The lowest BCUT2D eigenvalue weighted by molar-refractivity contribution is 0.595. The van der Waals surface area contributed by atoms with E-state index in [9.17, 15) is 4.39 Å². The summed E-state index contributed by atoms with van der Waals surface area (Å²) in [6.45, 7) is 4.03. The van der Waals surface area contributed by atoms with E-state index in [2.05, 4.69) is 10.4 Å².